The molecule has 2 atom stereocenters. The second-order valence-electron chi connectivity index (χ2n) is 8.89. The minimum Gasteiger partial charge on any atom is -0.493 e. The maximum absolute atomic E-state index is 12.7. The van der Waals surface area contributed by atoms with Crippen LogP contribution >= 0.6 is 0 Å². The van der Waals surface area contributed by atoms with Crippen molar-refractivity contribution in [3.8, 4) is 22.9 Å². The lowest BCUT2D eigenvalue weighted by molar-refractivity contribution is 0.0352. The molecule has 0 spiro atoms. The number of hydrogen-bond donors (Lipinski definition) is 0. The summed E-state index contributed by atoms with van der Waals surface area (Å²) in [5.41, 5.74) is 4.00. The number of rotatable bonds is 9. The molecule has 0 amide bonds. The van der Waals surface area contributed by atoms with Gasteiger partial charge >= 0.3 is 0 Å². The van der Waals surface area contributed by atoms with Crippen molar-refractivity contribution >= 4 is 0 Å². The SMILES string of the molecule is CCCC(COc1cc(=O)c(C)c2n1CCc1cc(OCC3CCCOC3)ccc1-2)OC. The predicted octanol–water partition coefficient (Wildman–Crippen LogP) is 4.38. The van der Waals surface area contributed by atoms with Crippen LogP contribution in [0.5, 0.6) is 11.6 Å². The Morgan fingerprint density at radius 3 is 2.88 bits per heavy atom. The highest BCUT2D eigenvalue weighted by Gasteiger charge is 2.23. The molecule has 0 bridgehead atoms. The number of pyridine rings is 1. The molecule has 1 aromatic heterocycles. The van der Waals surface area contributed by atoms with E-state index in [1.54, 1.807) is 13.2 Å². The normalized spacial score (nSPS) is 18.5. The molecule has 2 aliphatic rings. The van der Waals surface area contributed by atoms with E-state index in [4.69, 9.17) is 18.9 Å². The van der Waals surface area contributed by atoms with E-state index in [0.29, 0.717) is 25.0 Å². The molecule has 4 rings (SSSR count). The number of methoxy groups -OCH3 is 1. The molecule has 2 aromatic rings. The van der Waals surface area contributed by atoms with E-state index in [-0.39, 0.29) is 11.5 Å². The highest BCUT2D eigenvalue weighted by Crippen LogP contribution is 2.36. The monoisotopic (exact) mass is 441 g/mol. The van der Waals surface area contributed by atoms with Gasteiger partial charge in [-0.05, 0) is 56.4 Å². The van der Waals surface area contributed by atoms with E-state index in [1.807, 2.05) is 13.0 Å². The zero-order valence-electron chi connectivity index (χ0n) is 19.5. The van der Waals surface area contributed by atoms with E-state index < -0.39 is 0 Å². The lowest BCUT2D eigenvalue weighted by Gasteiger charge is -2.28. The van der Waals surface area contributed by atoms with Crippen LogP contribution in [-0.4, -0.2) is 44.2 Å². The van der Waals surface area contributed by atoms with Crippen LogP contribution in [-0.2, 0) is 22.4 Å². The Hall–Kier alpha value is -2.31. The fourth-order valence-corrected chi connectivity index (χ4v) is 4.67. The largest absolute Gasteiger partial charge is 0.493 e. The summed E-state index contributed by atoms with van der Waals surface area (Å²) in [6, 6.07) is 7.84. The highest BCUT2D eigenvalue weighted by atomic mass is 16.5. The summed E-state index contributed by atoms with van der Waals surface area (Å²) in [4.78, 5) is 12.7. The molecule has 2 aliphatic heterocycles. The maximum Gasteiger partial charge on any atom is 0.197 e. The highest BCUT2D eigenvalue weighted by molar-refractivity contribution is 5.70. The standard InChI is InChI=1S/C26H35NO5/c1-4-6-22(29-3)17-32-25-14-24(28)18(2)26-23-9-8-21(13-20(23)10-11-27(25)26)31-16-19-7-5-12-30-15-19/h8-9,13-14,19,22H,4-7,10-12,15-17H2,1-3H3. The summed E-state index contributed by atoms with van der Waals surface area (Å²) in [5.74, 6) is 1.97. The second-order valence-corrected chi connectivity index (χ2v) is 8.89. The molecular weight excluding hydrogens is 406 g/mol. The molecule has 0 aliphatic carbocycles. The number of aromatic nitrogens is 1. The van der Waals surface area contributed by atoms with Gasteiger partial charge in [-0.3, -0.25) is 4.79 Å². The molecule has 0 saturated carbocycles. The van der Waals surface area contributed by atoms with Crippen molar-refractivity contribution in [1.29, 1.82) is 0 Å². The van der Waals surface area contributed by atoms with Crippen LogP contribution < -0.4 is 14.9 Å². The van der Waals surface area contributed by atoms with Crippen molar-refractivity contribution in [2.45, 2.75) is 58.6 Å². The lowest BCUT2D eigenvalue weighted by Crippen LogP contribution is -2.25. The van der Waals surface area contributed by atoms with Crippen LogP contribution in [0, 0.1) is 12.8 Å². The smallest absolute Gasteiger partial charge is 0.197 e. The summed E-state index contributed by atoms with van der Waals surface area (Å²) in [5, 5.41) is 0. The van der Waals surface area contributed by atoms with Gasteiger partial charge in [0.2, 0.25) is 0 Å². The summed E-state index contributed by atoms with van der Waals surface area (Å²) in [7, 11) is 1.71. The number of fused-ring (bicyclic) bond motifs is 3. The molecule has 3 heterocycles. The van der Waals surface area contributed by atoms with Crippen LogP contribution in [0.2, 0.25) is 0 Å². The van der Waals surface area contributed by atoms with Crippen LogP contribution in [0.4, 0.5) is 0 Å². The van der Waals surface area contributed by atoms with E-state index in [9.17, 15) is 4.79 Å². The second kappa shape index (κ2) is 10.5. The number of nitrogens with zero attached hydrogens (tertiary/aromatic N) is 1. The first-order valence-corrected chi connectivity index (χ1v) is 11.8. The molecule has 1 saturated heterocycles. The van der Waals surface area contributed by atoms with Gasteiger partial charge in [-0.2, -0.15) is 0 Å². The van der Waals surface area contributed by atoms with Crippen molar-refractivity contribution in [3.05, 3.63) is 45.6 Å². The van der Waals surface area contributed by atoms with Crippen molar-refractivity contribution in [2.24, 2.45) is 5.92 Å². The molecule has 0 N–H and O–H groups in total. The van der Waals surface area contributed by atoms with Gasteiger partial charge < -0.3 is 23.5 Å². The number of aryl methyl sites for hydroxylation is 1. The van der Waals surface area contributed by atoms with Crippen LogP contribution in [0.3, 0.4) is 0 Å². The molecule has 174 valence electrons. The summed E-state index contributed by atoms with van der Waals surface area (Å²) < 4.78 is 25.4. The summed E-state index contributed by atoms with van der Waals surface area (Å²) in [6.45, 7) is 7.57. The Kier molecular flexibility index (Phi) is 7.53. The third-order valence-corrected chi connectivity index (χ3v) is 6.55. The topological polar surface area (TPSA) is 58.9 Å². The van der Waals surface area contributed by atoms with E-state index in [0.717, 1.165) is 74.4 Å². The lowest BCUT2D eigenvalue weighted by atomic mass is 9.94. The van der Waals surface area contributed by atoms with Gasteiger partial charge in [0.05, 0.1) is 25.0 Å². The fourth-order valence-electron chi connectivity index (χ4n) is 4.67. The fraction of sp³-hybridized carbons (Fsp3) is 0.577. The van der Waals surface area contributed by atoms with Crippen LogP contribution in [0.15, 0.2) is 29.1 Å². The van der Waals surface area contributed by atoms with Gasteiger partial charge in [-0.15, -0.1) is 0 Å². The number of hydrogen-bond acceptors (Lipinski definition) is 5. The van der Waals surface area contributed by atoms with Crippen molar-refractivity contribution in [1.82, 2.24) is 4.57 Å². The first-order valence-electron chi connectivity index (χ1n) is 11.8. The molecule has 1 aromatic carbocycles. The molecule has 6 heteroatoms. The van der Waals surface area contributed by atoms with Crippen LogP contribution in [0.1, 0.15) is 43.7 Å². The molecule has 6 nitrogen and oxygen atoms in total. The summed E-state index contributed by atoms with van der Waals surface area (Å²) >= 11 is 0. The quantitative estimate of drug-likeness (QED) is 0.578. The molecule has 0 radical (unpaired) electrons. The van der Waals surface area contributed by atoms with Gasteiger partial charge in [0.15, 0.2) is 11.3 Å². The minimum atomic E-state index is 0.00110. The zero-order valence-corrected chi connectivity index (χ0v) is 19.5. The van der Waals surface area contributed by atoms with Crippen LogP contribution in [0.25, 0.3) is 11.3 Å². The average Bonchev–Trinajstić information content (AvgIpc) is 2.83. The third-order valence-electron chi connectivity index (χ3n) is 6.55. The maximum atomic E-state index is 12.7. The Morgan fingerprint density at radius 1 is 1.25 bits per heavy atom. The first-order chi connectivity index (χ1) is 15.6. The predicted molar refractivity (Wildman–Crippen MR) is 125 cm³/mol. The van der Waals surface area contributed by atoms with Gasteiger partial charge in [0.25, 0.3) is 0 Å². The van der Waals surface area contributed by atoms with Crippen molar-refractivity contribution in [3.63, 3.8) is 0 Å². The zero-order chi connectivity index (χ0) is 22.5. The van der Waals surface area contributed by atoms with E-state index in [1.165, 1.54) is 5.56 Å². The number of ether oxygens (including phenoxy) is 4. The Balaban J connectivity index is 1.56. The Bertz CT molecular complexity index is 977. The summed E-state index contributed by atoms with van der Waals surface area (Å²) in [6.07, 6.45) is 5.12. The van der Waals surface area contributed by atoms with Crippen molar-refractivity contribution < 1.29 is 18.9 Å². The molecule has 1 fully saturated rings. The molecule has 32 heavy (non-hydrogen) atoms. The average molecular weight is 442 g/mol. The Labute approximate surface area is 190 Å². The van der Waals surface area contributed by atoms with E-state index in [2.05, 4.69) is 23.6 Å². The number of benzene rings is 1. The Morgan fingerprint density at radius 2 is 2.12 bits per heavy atom. The van der Waals surface area contributed by atoms with Gasteiger partial charge in [-0.1, -0.05) is 13.3 Å². The molecule has 2 unspecified atom stereocenters. The first kappa shape index (κ1) is 22.9. The van der Waals surface area contributed by atoms with Gasteiger partial charge in [0, 0.05) is 43.4 Å². The molecular formula is C26H35NO5. The van der Waals surface area contributed by atoms with Gasteiger partial charge in [-0.25, -0.2) is 0 Å². The third kappa shape index (κ3) is 5.02. The van der Waals surface area contributed by atoms with Crippen molar-refractivity contribution in [2.75, 3.05) is 33.5 Å². The van der Waals surface area contributed by atoms with Gasteiger partial charge in [0.1, 0.15) is 12.4 Å². The minimum absolute atomic E-state index is 0.00110. The van der Waals surface area contributed by atoms with E-state index >= 15 is 0 Å².